The third-order valence-corrected chi connectivity index (χ3v) is 7.91. The van der Waals surface area contributed by atoms with Crippen molar-refractivity contribution in [1.82, 2.24) is 21.3 Å². The Labute approximate surface area is 272 Å². The Bertz CT molecular complexity index is 1420. The lowest BCUT2D eigenvalue weighted by Gasteiger charge is -2.27. The van der Waals surface area contributed by atoms with Crippen LogP contribution in [0.25, 0.3) is 0 Å². The highest BCUT2D eigenvalue weighted by Gasteiger charge is 2.31. The van der Waals surface area contributed by atoms with Crippen LogP contribution < -0.4 is 21.3 Å². The van der Waals surface area contributed by atoms with Gasteiger partial charge >= 0.3 is 6.09 Å². The van der Waals surface area contributed by atoms with Gasteiger partial charge in [-0.15, -0.1) is 0 Å². The minimum absolute atomic E-state index is 0.0303. The van der Waals surface area contributed by atoms with Gasteiger partial charge in [-0.1, -0.05) is 101 Å². The van der Waals surface area contributed by atoms with Crippen molar-refractivity contribution < 1.29 is 32.3 Å². The standard InChI is InChI=1S/C34H48N4O7S/c1-7-24(4)30(38-34(42)45-22-27-16-12-9-13-17-27)33(41)37-29(21-26-14-10-8-11-15-26)32(40)35-25(5)31(39)36-28(20-23(2)3)18-19-46(6,43)44/h8-19,23-25,28-30H,7,20-22H2,1-6H3,(H,35,40)(H,36,39)(H,37,41)(H,38,42)/b19-18+/t24-,25-,28+,29-,30-/m0/s1. The minimum Gasteiger partial charge on any atom is -0.445 e. The summed E-state index contributed by atoms with van der Waals surface area (Å²) in [6.07, 6.45) is 2.91. The molecule has 252 valence electrons. The molecular weight excluding hydrogens is 608 g/mol. The summed E-state index contributed by atoms with van der Waals surface area (Å²) >= 11 is 0. The summed E-state index contributed by atoms with van der Waals surface area (Å²) in [5, 5.41) is 11.9. The quantitative estimate of drug-likeness (QED) is 0.202. The van der Waals surface area contributed by atoms with E-state index in [4.69, 9.17) is 4.74 Å². The van der Waals surface area contributed by atoms with E-state index in [1.807, 2.05) is 88.4 Å². The van der Waals surface area contributed by atoms with Crippen LogP contribution in [0, 0.1) is 11.8 Å². The second kappa shape index (κ2) is 18.7. The van der Waals surface area contributed by atoms with Crippen LogP contribution in [-0.2, 0) is 42.0 Å². The average Bonchev–Trinajstić information content (AvgIpc) is 3.01. The van der Waals surface area contributed by atoms with Gasteiger partial charge in [0.1, 0.15) is 24.7 Å². The van der Waals surface area contributed by atoms with Crippen LogP contribution in [0.5, 0.6) is 0 Å². The maximum absolute atomic E-state index is 13.6. The Kier molecular flexibility index (Phi) is 15.4. The summed E-state index contributed by atoms with van der Waals surface area (Å²) < 4.78 is 28.6. The Hall–Kier alpha value is -4.19. The van der Waals surface area contributed by atoms with Crippen molar-refractivity contribution in [3.63, 3.8) is 0 Å². The van der Waals surface area contributed by atoms with Crippen LogP contribution in [-0.4, -0.2) is 62.7 Å². The molecule has 0 aliphatic carbocycles. The molecule has 11 nitrogen and oxygen atoms in total. The summed E-state index contributed by atoms with van der Waals surface area (Å²) in [7, 11) is -3.40. The summed E-state index contributed by atoms with van der Waals surface area (Å²) in [6, 6.07) is 14.6. The van der Waals surface area contributed by atoms with Gasteiger partial charge in [0.15, 0.2) is 9.84 Å². The zero-order valence-electron chi connectivity index (χ0n) is 27.5. The molecule has 0 radical (unpaired) electrons. The van der Waals surface area contributed by atoms with Gasteiger partial charge in [-0.25, -0.2) is 13.2 Å². The maximum Gasteiger partial charge on any atom is 0.408 e. The molecule has 0 bridgehead atoms. The summed E-state index contributed by atoms with van der Waals surface area (Å²) in [6.45, 7) is 9.12. The fourth-order valence-corrected chi connectivity index (χ4v) is 5.01. The highest BCUT2D eigenvalue weighted by molar-refractivity contribution is 7.93. The molecule has 0 saturated heterocycles. The molecule has 46 heavy (non-hydrogen) atoms. The van der Waals surface area contributed by atoms with Crippen LogP contribution in [0.15, 0.2) is 72.1 Å². The molecule has 4 N–H and O–H groups in total. The number of hydrogen-bond donors (Lipinski definition) is 4. The molecule has 12 heteroatoms. The van der Waals surface area contributed by atoms with Crippen LogP contribution in [0.4, 0.5) is 4.79 Å². The van der Waals surface area contributed by atoms with E-state index in [1.54, 1.807) is 0 Å². The Morgan fingerprint density at radius 3 is 1.91 bits per heavy atom. The number of alkyl carbamates (subject to hydrolysis) is 1. The zero-order valence-corrected chi connectivity index (χ0v) is 28.3. The van der Waals surface area contributed by atoms with Crippen molar-refractivity contribution >= 4 is 33.7 Å². The van der Waals surface area contributed by atoms with Crippen molar-refractivity contribution in [2.75, 3.05) is 6.26 Å². The Balaban J connectivity index is 2.18. The van der Waals surface area contributed by atoms with E-state index < -0.39 is 57.8 Å². The molecule has 4 amide bonds. The molecule has 0 aliphatic rings. The molecular formula is C34H48N4O7S. The fourth-order valence-electron chi connectivity index (χ4n) is 4.53. The van der Waals surface area contributed by atoms with E-state index in [1.165, 1.54) is 13.0 Å². The molecule has 0 aromatic heterocycles. The first-order valence-electron chi connectivity index (χ1n) is 15.5. The minimum atomic E-state index is -3.40. The molecule has 0 aliphatic heterocycles. The number of ether oxygens (including phenoxy) is 1. The topological polar surface area (TPSA) is 160 Å². The van der Waals surface area contributed by atoms with Gasteiger partial charge in [0.05, 0.1) is 0 Å². The van der Waals surface area contributed by atoms with Crippen LogP contribution in [0.2, 0.25) is 0 Å². The summed E-state index contributed by atoms with van der Waals surface area (Å²) in [5.74, 6) is -1.80. The third-order valence-electron chi connectivity index (χ3n) is 7.26. The first-order valence-corrected chi connectivity index (χ1v) is 17.4. The lowest BCUT2D eigenvalue weighted by atomic mass is 9.97. The average molecular weight is 657 g/mol. The SMILES string of the molecule is CC[C@H](C)[C@H](NC(=O)OCc1ccccc1)C(=O)N[C@@H](Cc1ccccc1)C(=O)N[C@@H](C)C(=O)N[C@H](/C=C/S(C)(=O)=O)CC(C)C. The zero-order chi connectivity index (χ0) is 34.3. The maximum atomic E-state index is 13.6. The van der Waals surface area contributed by atoms with Crippen molar-refractivity contribution in [1.29, 1.82) is 0 Å². The second-order valence-electron chi connectivity index (χ2n) is 12.0. The van der Waals surface area contributed by atoms with E-state index in [2.05, 4.69) is 21.3 Å². The number of sulfone groups is 1. The van der Waals surface area contributed by atoms with Crippen molar-refractivity contribution in [3.8, 4) is 0 Å². The monoisotopic (exact) mass is 656 g/mol. The van der Waals surface area contributed by atoms with E-state index in [0.29, 0.717) is 12.8 Å². The van der Waals surface area contributed by atoms with Crippen LogP contribution in [0.1, 0.15) is 58.6 Å². The lowest BCUT2D eigenvalue weighted by Crippen LogP contribution is -2.58. The van der Waals surface area contributed by atoms with Gasteiger partial charge in [0.25, 0.3) is 0 Å². The predicted octanol–water partition coefficient (Wildman–Crippen LogP) is 3.65. The highest BCUT2D eigenvalue weighted by atomic mass is 32.2. The van der Waals surface area contributed by atoms with Gasteiger partial charge in [0.2, 0.25) is 17.7 Å². The number of hydrogen-bond acceptors (Lipinski definition) is 7. The lowest BCUT2D eigenvalue weighted by molar-refractivity contribution is -0.132. The summed E-state index contributed by atoms with van der Waals surface area (Å²) in [4.78, 5) is 52.9. The first kappa shape index (κ1) is 38.0. The highest BCUT2D eigenvalue weighted by Crippen LogP contribution is 2.12. The number of rotatable bonds is 17. The Morgan fingerprint density at radius 2 is 1.37 bits per heavy atom. The van der Waals surface area contributed by atoms with Gasteiger partial charge in [-0.3, -0.25) is 14.4 Å². The molecule has 0 fully saturated rings. The van der Waals surface area contributed by atoms with E-state index in [9.17, 15) is 27.6 Å². The van der Waals surface area contributed by atoms with E-state index in [0.717, 1.165) is 22.8 Å². The molecule has 2 aromatic carbocycles. The van der Waals surface area contributed by atoms with Gasteiger partial charge in [0, 0.05) is 24.1 Å². The number of carbonyl (C=O) groups excluding carboxylic acids is 4. The van der Waals surface area contributed by atoms with Gasteiger partial charge in [-0.2, -0.15) is 0 Å². The number of nitrogens with one attached hydrogen (secondary N) is 4. The van der Waals surface area contributed by atoms with Crippen molar-refractivity contribution in [2.45, 2.75) is 84.7 Å². The van der Waals surface area contributed by atoms with Crippen LogP contribution >= 0.6 is 0 Å². The third kappa shape index (κ3) is 14.3. The van der Waals surface area contributed by atoms with Gasteiger partial charge < -0.3 is 26.0 Å². The van der Waals surface area contributed by atoms with Crippen molar-refractivity contribution in [2.24, 2.45) is 11.8 Å². The predicted molar refractivity (Wildman–Crippen MR) is 178 cm³/mol. The fraction of sp³-hybridized carbons (Fsp3) is 0.471. The first-order chi connectivity index (χ1) is 21.7. The largest absolute Gasteiger partial charge is 0.445 e. The Morgan fingerprint density at radius 1 is 0.783 bits per heavy atom. The molecule has 2 rings (SSSR count). The smallest absolute Gasteiger partial charge is 0.408 e. The van der Waals surface area contributed by atoms with E-state index in [-0.39, 0.29) is 24.9 Å². The molecule has 0 unspecified atom stereocenters. The normalized spacial score (nSPS) is 14.8. The summed E-state index contributed by atoms with van der Waals surface area (Å²) in [5.41, 5.74) is 1.57. The molecule has 0 heterocycles. The number of carbonyl (C=O) groups is 4. The number of amides is 4. The second-order valence-corrected chi connectivity index (χ2v) is 13.9. The molecule has 5 atom stereocenters. The molecule has 0 saturated carbocycles. The molecule has 2 aromatic rings. The van der Waals surface area contributed by atoms with Crippen molar-refractivity contribution in [3.05, 3.63) is 83.3 Å². The van der Waals surface area contributed by atoms with Crippen LogP contribution in [0.3, 0.4) is 0 Å². The van der Waals surface area contributed by atoms with E-state index >= 15 is 0 Å². The number of benzene rings is 2. The van der Waals surface area contributed by atoms with Gasteiger partial charge in [-0.05, 0) is 36.3 Å². The molecule has 0 spiro atoms.